The lowest BCUT2D eigenvalue weighted by molar-refractivity contribution is 0.130. The first-order valence-corrected chi connectivity index (χ1v) is 3.79. The van der Waals surface area contributed by atoms with E-state index in [1.807, 2.05) is 6.92 Å². The molecule has 0 bridgehead atoms. The first-order valence-electron chi connectivity index (χ1n) is 3.79. The Labute approximate surface area is 65.2 Å². The predicted molar refractivity (Wildman–Crippen MR) is 39.4 cm³/mol. The molecule has 0 aliphatic heterocycles. The number of amides is 1. The van der Waals surface area contributed by atoms with Gasteiger partial charge in [-0.3, -0.25) is 0 Å². The molecular weight excluding hydrogens is 146 g/mol. The smallest absolute Gasteiger partial charge is 0.404 e. The minimum absolute atomic E-state index is 0.0473. The highest BCUT2D eigenvalue weighted by atomic mass is 16.4. The van der Waals surface area contributed by atoms with Crippen LogP contribution in [0.4, 0.5) is 4.79 Å². The molecule has 0 aromatic heterocycles. The molecule has 0 saturated heterocycles. The summed E-state index contributed by atoms with van der Waals surface area (Å²) in [5.74, 6) is 0.0473. The van der Waals surface area contributed by atoms with Crippen LogP contribution in [0.5, 0.6) is 0 Å². The summed E-state index contributed by atoms with van der Waals surface area (Å²) < 4.78 is 0. The standard InChI is InChI=1S/C7H13NO3/c1-4-5(8-7(10)11)2-3-6(4)9/h4-6,8-9H,2-3H2,1H3,(H,10,11). The van der Waals surface area contributed by atoms with E-state index in [0.717, 1.165) is 6.42 Å². The molecule has 3 N–H and O–H groups in total. The molecule has 1 aliphatic rings. The lowest BCUT2D eigenvalue weighted by Gasteiger charge is -2.16. The summed E-state index contributed by atoms with van der Waals surface area (Å²) in [6.07, 6.45) is 0.101. The third-order valence-corrected chi connectivity index (χ3v) is 2.32. The van der Waals surface area contributed by atoms with Gasteiger partial charge in [-0.05, 0) is 12.8 Å². The zero-order valence-corrected chi connectivity index (χ0v) is 6.45. The molecule has 1 amide bonds. The minimum atomic E-state index is -1.00. The van der Waals surface area contributed by atoms with Gasteiger partial charge >= 0.3 is 6.09 Å². The molecule has 4 nitrogen and oxygen atoms in total. The molecule has 3 atom stereocenters. The Morgan fingerprint density at radius 3 is 2.55 bits per heavy atom. The third-order valence-electron chi connectivity index (χ3n) is 2.32. The summed E-state index contributed by atoms with van der Waals surface area (Å²) >= 11 is 0. The molecule has 1 rings (SSSR count). The van der Waals surface area contributed by atoms with Crippen molar-refractivity contribution >= 4 is 6.09 Å². The molecular formula is C7H13NO3. The van der Waals surface area contributed by atoms with Gasteiger partial charge in [0, 0.05) is 12.0 Å². The van der Waals surface area contributed by atoms with Gasteiger partial charge in [-0.25, -0.2) is 4.79 Å². The van der Waals surface area contributed by atoms with Gasteiger partial charge in [0.15, 0.2) is 0 Å². The zero-order chi connectivity index (χ0) is 8.43. The second-order valence-electron chi connectivity index (χ2n) is 3.06. The van der Waals surface area contributed by atoms with Gasteiger partial charge in [0.05, 0.1) is 6.10 Å². The lowest BCUT2D eigenvalue weighted by Crippen LogP contribution is -2.37. The van der Waals surface area contributed by atoms with Crippen molar-refractivity contribution in [1.29, 1.82) is 0 Å². The summed E-state index contributed by atoms with van der Waals surface area (Å²) in [7, 11) is 0. The van der Waals surface area contributed by atoms with Gasteiger partial charge in [-0.15, -0.1) is 0 Å². The van der Waals surface area contributed by atoms with E-state index in [4.69, 9.17) is 5.11 Å². The summed E-state index contributed by atoms with van der Waals surface area (Å²) in [6, 6.07) is -0.0671. The number of carboxylic acid groups (broad SMARTS) is 1. The summed E-state index contributed by atoms with van der Waals surface area (Å²) in [6.45, 7) is 1.86. The Bertz CT molecular complexity index is 160. The van der Waals surface area contributed by atoms with Gasteiger partial charge in [0.2, 0.25) is 0 Å². The van der Waals surface area contributed by atoms with Crippen molar-refractivity contribution in [2.75, 3.05) is 0 Å². The van der Waals surface area contributed by atoms with Crippen molar-refractivity contribution in [3.8, 4) is 0 Å². The van der Waals surface area contributed by atoms with Crippen LogP contribution in [-0.4, -0.2) is 28.5 Å². The van der Waals surface area contributed by atoms with Gasteiger partial charge < -0.3 is 15.5 Å². The Hall–Kier alpha value is -0.770. The molecule has 11 heavy (non-hydrogen) atoms. The van der Waals surface area contributed by atoms with Crippen LogP contribution in [0.3, 0.4) is 0 Å². The summed E-state index contributed by atoms with van der Waals surface area (Å²) in [5.41, 5.74) is 0. The summed E-state index contributed by atoms with van der Waals surface area (Å²) in [4.78, 5) is 10.2. The van der Waals surface area contributed by atoms with Crippen molar-refractivity contribution in [2.45, 2.75) is 31.9 Å². The van der Waals surface area contributed by atoms with Crippen LogP contribution in [0.2, 0.25) is 0 Å². The van der Waals surface area contributed by atoms with E-state index >= 15 is 0 Å². The van der Waals surface area contributed by atoms with E-state index < -0.39 is 6.09 Å². The Morgan fingerprint density at radius 1 is 1.55 bits per heavy atom. The fourth-order valence-electron chi connectivity index (χ4n) is 1.51. The van der Waals surface area contributed by atoms with E-state index in [9.17, 15) is 9.90 Å². The number of rotatable bonds is 1. The van der Waals surface area contributed by atoms with Crippen molar-refractivity contribution in [3.05, 3.63) is 0 Å². The number of hydrogen-bond donors (Lipinski definition) is 3. The maximum absolute atomic E-state index is 10.2. The zero-order valence-electron chi connectivity index (χ0n) is 6.45. The van der Waals surface area contributed by atoms with E-state index in [-0.39, 0.29) is 18.1 Å². The largest absolute Gasteiger partial charge is 0.465 e. The average Bonchev–Trinajstić information content (AvgIpc) is 2.18. The number of aliphatic hydroxyl groups is 1. The van der Waals surface area contributed by atoms with Crippen LogP contribution in [0, 0.1) is 5.92 Å². The second-order valence-corrected chi connectivity index (χ2v) is 3.06. The number of hydrogen-bond acceptors (Lipinski definition) is 2. The molecule has 0 radical (unpaired) electrons. The van der Waals surface area contributed by atoms with Gasteiger partial charge in [-0.1, -0.05) is 6.92 Å². The van der Waals surface area contributed by atoms with E-state index in [1.165, 1.54) is 0 Å². The predicted octanol–water partition coefficient (Wildman–Crippen LogP) is 0.413. The molecule has 3 unspecified atom stereocenters. The second kappa shape index (κ2) is 3.09. The maximum Gasteiger partial charge on any atom is 0.404 e. The molecule has 4 heteroatoms. The van der Waals surface area contributed by atoms with Crippen molar-refractivity contribution < 1.29 is 15.0 Å². The van der Waals surface area contributed by atoms with E-state index in [1.54, 1.807) is 0 Å². The fraction of sp³-hybridized carbons (Fsp3) is 0.857. The van der Waals surface area contributed by atoms with E-state index in [2.05, 4.69) is 5.32 Å². The normalized spacial score (nSPS) is 37.1. The first-order chi connectivity index (χ1) is 5.11. The molecule has 1 saturated carbocycles. The molecule has 0 spiro atoms. The Morgan fingerprint density at radius 2 is 2.18 bits per heavy atom. The van der Waals surface area contributed by atoms with E-state index in [0.29, 0.717) is 6.42 Å². The third kappa shape index (κ3) is 1.83. The van der Waals surface area contributed by atoms with Gasteiger partial charge in [0.25, 0.3) is 0 Å². The van der Waals surface area contributed by atoms with Crippen LogP contribution in [0.1, 0.15) is 19.8 Å². The minimum Gasteiger partial charge on any atom is -0.465 e. The highest BCUT2D eigenvalue weighted by Gasteiger charge is 2.32. The number of nitrogens with one attached hydrogen (secondary N) is 1. The van der Waals surface area contributed by atoms with Gasteiger partial charge in [0.1, 0.15) is 0 Å². The van der Waals surface area contributed by atoms with Gasteiger partial charge in [-0.2, -0.15) is 0 Å². The fourth-order valence-corrected chi connectivity index (χ4v) is 1.51. The Balaban J connectivity index is 2.42. The molecule has 0 heterocycles. The molecule has 0 aromatic carbocycles. The number of aliphatic hydroxyl groups excluding tert-OH is 1. The quantitative estimate of drug-likeness (QED) is 0.519. The molecule has 64 valence electrons. The first kappa shape index (κ1) is 8.33. The van der Waals surface area contributed by atoms with Crippen molar-refractivity contribution in [2.24, 2.45) is 5.92 Å². The van der Waals surface area contributed by atoms with Crippen LogP contribution in [0.25, 0.3) is 0 Å². The van der Waals surface area contributed by atoms with Crippen LogP contribution in [-0.2, 0) is 0 Å². The molecule has 1 fully saturated rings. The van der Waals surface area contributed by atoms with Crippen molar-refractivity contribution in [1.82, 2.24) is 5.32 Å². The van der Waals surface area contributed by atoms with Crippen LogP contribution >= 0.6 is 0 Å². The lowest BCUT2D eigenvalue weighted by atomic mass is 10.1. The highest BCUT2D eigenvalue weighted by molar-refractivity contribution is 5.64. The Kier molecular flexibility index (Phi) is 2.34. The monoisotopic (exact) mass is 159 g/mol. The molecule has 0 aromatic rings. The highest BCUT2D eigenvalue weighted by Crippen LogP contribution is 2.25. The topological polar surface area (TPSA) is 69.6 Å². The molecule has 1 aliphatic carbocycles. The van der Waals surface area contributed by atoms with Crippen LogP contribution in [0.15, 0.2) is 0 Å². The van der Waals surface area contributed by atoms with Crippen LogP contribution < -0.4 is 5.32 Å². The average molecular weight is 159 g/mol. The maximum atomic E-state index is 10.2. The van der Waals surface area contributed by atoms with Crippen molar-refractivity contribution in [3.63, 3.8) is 0 Å². The summed E-state index contributed by atoms with van der Waals surface area (Å²) in [5, 5.41) is 20.0. The number of carbonyl (C=O) groups is 1. The SMILES string of the molecule is CC1C(O)CCC1NC(=O)O.